The van der Waals surface area contributed by atoms with Gasteiger partial charge in [-0.05, 0) is 41.4 Å². The first-order valence-electron chi connectivity index (χ1n) is 10.5. The molecule has 0 aliphatic rings. The Hall–Kier alpha value is -2.82. The van der Waals surface area contributed by atoms with Crippen molar-refractivity contribution in [3.63, 3.8) is 0 Å². The Morgan fingerprint density at radius 1 is 1.03 bits per heavy atom. The summed E-state index contributed by atoms with van der Waals surface area (Å²) in [5, 5.41) is 0. The normalized spacial score (nSPS) is 13.4. The zero-order valence-corrected chi connectivity index (χ0v) is 21.3. The average Bonchev–Trinajstić information content (AvgIpc) is 2.77. The fraction of sp³-hybridized carbons (Fsp3) is 0.476. The number of hydrogen-bond acceptors (Lipinski definition) is 6. The monoisotopic (exact) mass is 627 g/mol. The van der Waals surface area contributed by atoms with Crippen molar-refractivity contribution in [2.24, 2.45) is 0 Å². The number of aromatic nitrogens is 2. The van der Waals surface area contributed by atoms with Gasteiger partial charge in [0.25, 0.3) is 5.56 Å². The quantitative estimate of drug-likeness (QED) is 0.199. The van der Waals surface area contributed by atoms with Gasteiger partial charge in [-0.25, -0.2) is 9.78 Å². The smallest absolute Gasteiger partial charge is 0.433 e. The molecule has 0 saturated carbocycles. The molecule has 1 unspecified atom stereocenters. The van der Waals surface area contributed by atoms with Crippen molar-refractivity contribution in [1.29, 1.82) is 0 Å². The fourth-order valence-electron chi connectivity index (χ4n) is 3.27. The van der Waals surface area contributed by atoms with Crippen LogP contribution in [0.5, 0.6) is 0 Å². The molecule has 38 heavy (non-hydrogen) atoms. The molecule has 0 aliphatic heterocycles. The number of halogens is 10. The Labute approximate surface area is 217 Å². The van der Waals surface area contributed by atoms with E-state index in [2.05, 4.69) is 20.9 Å². The highest BCUT2D eigenvalue weighted by Gasteiger charge is 2.43. The summed E-state index contributed by atoms with van der Waals surface area (Å²) < 4.78 is 132. The van der Waals surface area contributed by atoms with E-state index in [9.17, 15) is 49.1 Å². The summed E-state index contributed by atoms with van der Waals surface area (Å²) in [5.74, 6) is -2.51. The zero-order chi connectivity index (χ0) is 29.2. The van der Waals surface area contributed by atoms with E-state index >= 15 is 0 Å². The SMILES string of the molecule is CCCn1c(N(c2cc(C(F)(F)F)cc(C(F)(F)F)c2Br)C(OC)C(=O)OCC)nc(C(F)(F)F)cc1=O. The molecule has 1 heterocycles. The number of alkyl halides is 9. The first-order chi connectivity index (χ1) is 17.4. The van der Waals surface area contributed by atoms with Gasteiger partial charge in [0.2, 0.25) is 12.2 Å². The number of ether oxygens (including phenoxy) is 2. The predicted octanol–water partition coefficient (Wildman–Crippen LogP) is 6.15. The molecule has 1 aromatic heterocycles. The average molecular weight is 628 g/mol. The van der Waals surface area contributed by atoms with E-state index in [1.807, 2.05) is 0 Å². The molecule has 7 nitrogen and oxygen atoms in total. The van der Waals surface area contributed by atoms with E-state index in [0.717, 1.165) is 7.11 Å². The number of anilines is 2. The van der Waals surface area contributed by atoms with E-state index in [1.54, 1.807) is 0 Å². The van der Waals surface area contributed by atoms with Crippen LogP contribution in [0.2, 0.25) is 0 Å². The van der Waals surface area contributed by atoms with Gasteiger partial charge in [0, 0.05) is 19.7 Å². The minimum atomic E-state index is -5.39. The van der Waals surface area contributed by atoms with Crippen molar-refractivity contribution in [3.8, 4) is 0 Å². The van der Waals surface area contributed by atoms with Gasteiger partial charge in [0.1, 0.15) is 0 Å². The van der Waals surface area contributed by atoms with Crippen molar-refractivity contribution >= 4 is 33.5 Å². The van der Waals surface area contributed by atoms with E-state index in [1.165, 1.54) is 13.8 Å². The number of methoxy groups -OCH3 is 1. The zero-order valence-electron chi connectivity index (χ0n) is 19.7. The van der Waals surface area contributed by atoms with Gasteiger partial charge in [-0.15, -0.1) is 0 Å². The number of esters is 1. The molecule has 17 heteroatoms. The first-order valence-corrected chi connectivity index (χ1v) is 11.3. The molecule has 0 radical (unpaired) electrons. The summed E-state index contributed by atoms with van der Waals surface area (Å²) in [6, 6.07) is 0.0236. The molecule has 2 rings (SSSR count). The van der Waals surface area contributed by atoms with E-state index in [-0.39, 0.29) is 42.7 Å². The number of carbonyl (C=O) groups excluding carboxylic acids is 1. The minimum Gasteiger partial charge on any atom is -0.463 e. The first kappa shape index (κ1) is 31.4. The second-order valence-electron chi connectivity index (χ2n) is 7.49. The van der Waals surface area contributed by atoms with Gasteiger partial charge in [0.05, 0.1) is 27.9 Å². The Kier molecular flexibility index (Phi) is 9.51. The van der Waals surface area contributed by atoms with E-state index < -0.39 is 69.2 Å². The Balaban J connectivity index is 3.16. The van der Waals surface area contributed by atoms with Crippen LogP contribution in [0, 0.1) is 0 Å². The lowest BCUT2D eigenvalue weighted by Crippen LogP contribution is -2.44. The van der Waals surface area contributed by atoms with Gasteiger partial charge in [-0.1, -0.05) is 6.92 Å². The highest BCUT2D eigenvalue weighted by atomic mass is 79.9. The molecule has 0 amide bonds. The van der Waals surface area contributed by atoms with Crippen LogP contribution in [-0.2, 0) is 39.3 Å². The molecule has 0 spiro atoms. The molecule has 0 saturated heterocycles. The number of carbonyl (C=O) groups is 1. The van der Waals surface area contributed by atoms with Crippen LogP contribution in [0.25, 0.3) is 0 Å². The van der Waals surface area contributed by atoms with Crippen molar-refractivity contribution in [2.45, 2.75) is 51.6 Å². The Morgan fingerprint density at radius 3 is 2.08 bits per heavy atom. The van der Waals surface area contributed by atoms with Crippen molar-refractivity contribution in [1.82, 2.24) is 9.55 Å². The lowest BCUT2D eigenvalue weighted by Gasteiger charge is -2.33. The maximum Gasteiger partial charge on any atom is 0.433 e. The largest absolute Gasteiger partial charge is 0.463 e. The molecule has 0 bridgehead atoms. The van der Waals surface area contributed by atoms with Crippen LogP contribution in [-0.4, -0.2) is 35.5 Å². The topological polar surface area (TPSA) is 73.7 Å². The van der Waals surface area contributed by atoms with Crippen molar-refractivity contribution < 1.29 is 53.8 Å². The van der Waals surface area contributed by atoms with E-state index in [0.29, 0.717) is 4.57 Å². The predicted molar refractivity (Wildman–Crippen MR) is 118 cm³/mol. The molecule has 2 aromatic rings. The lowest BCUT2D eigenvalue weighted by molar-refractivity contribution is -0.154. The Bertz CT molecular complexity index is 1230. The second kappa shape index (κ2) is 11.5. The highest BCUT2D eigenvalue weighted by molar-refractivity contribution is 9.10. The standard InChI is InChI=1S/C21H19BrF9N3O4/c1-4-6-33-14(35)9-13(21(29,30)31)32-18(33)34(16(37-3)17(36)38-5-2)12-8-10(19(23,24)25)7-11(15(12)22)20(26,27)28/h7-9,16H,4-6H2,1-3H3. The van der Waals surface area contributed by atoms with Crippen LogP contribution < -0.4 is 10.5 Å². The number of benzene rings is 1. The van der Waals surface area contributed by atoms with Gasteiger partial charge < -0.3 is 9.47 Å². The second-order valence-corrected chi connectivity index (χ2v) is 8.28. The van der Waals surface area contributed by atoms with Crippen LogP contribution in [0.15, 0.2) is 27.5 Å². The maximum absolute atomic E-state index is 13.8. The minimum absolute atomic E-state index is 0.0718. The fourth-order valence-corrected chi connectivity index (χ4v) is 3.92. The van der Waals surface area contributed by atoms with Crippen LogP contribution in [0.3, 0.4) is 0 Å². The van der Waals surface area contributed by atoms with Crippen LogP contribution in [0.4, 0.5) is 51.1 Å². The summed E-state index contributed by atoms with van der Waals surface area (Å²) in [6.45, 7) is 2.07. The summed E-state index contributed by atoms with van der Waals surface area (Å²) in [5.41, 5.74) is -8.01. The molecule has 212 valence electrons. The number of rotatable bonds is 8. The van der Waals surface area contributed by atoms with Gasteiger partial charge >= 0.3 is 24.5 Å². The lowest BCUT2D eigenvalue weighted by atomic mass is 10.1. The third-order valence-electron chi connectivity index (χ3n) is 4.83. The van der Waals surface area contributed by atoms with Gasteiger partial charge in [0.15, 0.2) is 5.69 Å². The van der Waals surface area contributed by atoms with Crippen molar-refractivity contribution in [2.75, 3.05) is 18.6 Å². The van der Waals surface area contributed by atoms with Crippen LogP contribution in [0.1, 0.15) is 37.1 Å². The third-order valence-corrected chi connectivity index (χ3v) is 5.67. The molecule has 1 atom stereocenters. The molecular formula is C21H19BrF9N3O4. The van der Waals surface area contributed by atoms with Gasteiger partial charge in [-0.3, -0.25) is 14.3 Å². The molecule has 0 N–H and O–H groups in total. The summed E-state index contributed by atoms with van der Waals surface area (Å²) in [7, 11) is 0.802. The molecule has 1 aromatic carbocycles. The van der Waals surface area contributed by atoms with Gasteiger partial charge in [-0.2, -0.15) is 39.5 Å². The summed E-state index contributed by atoms with van der Waals surface area (Å²) in [4.78, 5) is 28.9. The molecule has 0 fully saturated rings. The summed E-state index contributed by atoms with van der Waals surface area (Å²) in [6.07, 6.45) is -18.2. The van der Waals surface area contributed by atoms with Crippen molar-refractivity contribution in [3.05, 3.63) is 49.8 Å². The molecular weight excluding hydrogens is 609 g/mol. The summed E-state index contributed by atoms with van der Waals surface area (Å²) >= 11 is 2.57. The third kappa shape index (κ3) is 6.78. The van der Waals surface area contributed by atoms with Crippen LogP contribution >= 0.6 is 15.9 Å². The highest BCUT2D eigenvalue weighted by Crippen LogP contribution is 2.46. The maximum atomic E-state index is 13.8. The number of hydrogen-bond donors (Lipinski definition) is 0. The Morgan fingerprint density at radius 2 is 1.63 bits per heavy atom. The number of nitrogens with zero attached hydrogens (tertiary/aromatic N) is 3. The van der Waals surface area contributed by atoms with E-state index in [4.69, 9.17) is 9.47 Å². The molecule has 0 aliphatic carbocycles.